The quantitative estimate of drug-likeness (QED) is 0.0148. The van der Waals surface area contributed by atoms with Crippen LogP contribution in [0.2, 0.25) is 0 Å². The monoisotopic (exact) mass is 1900 g/mol. The Hall–Kier alpha value is 0.880. The number of hydrogen-bond donors (Lipinski definition) is 18. The molecule has 0 aromatic rings. The highest BCUT2D eigenvalue weighted by Gasteiger charge is 2.38. The van der Waals surface area contributed by atoms with Crippen molar-refractivity contribution in [1.82, 2.24) is 21.3 Å². The van der Waals surface area contributed by atoms with Crippen molar-refractivity contribution in [1.29, 1.82) is 0 Å². The molecule has 16 unspecified atom stereocenters. The van der Waals surface area contributed by atoms with Crippen molar-refractivity contribution in [2.45, 2.75) is 30.5 Å². The molecule has 112 heavy (non-hydrogen) atoms. The Bertz CT molecular complexity index is 3180. The Morgan fingerprint density at radius 2 is 0.411 bits per heavy atom. The molecular weight excluding hydrogens is 1800 g/mol. The van der Waals surface area contributed by atoms with Crippen molar-refractivity contribution in [2.75, 3.05) is 242 Å². The normalized spacial score (nSPS) is 20.0. The first-order chi connectivity index (χ1) is 51.6. The van der Waals surface area contributed by atoms with Gasteiger partial charge in [0, 0.05) is 0 Å². The maximum absolute atomic E-state index is 12.9. The van der Waals surface area contributed by atoms with E-state index >= 15 is 0 Å². The van der Waals surface area contributed by atoms with Crippen LogP contribution in [0, 0.1) is 0 Å². The summed E-state index contributed by atoms with van der Waals surface area (Å²) < 4.78 is 283. The topological polar surface area (TPSA) is 795 Å². The van der Waals surface area contributed by atoms with Gasteiger partial charge in [-0.1, -0.05) is 0 Å². The van der Waals surface area contributed by atoms with Crippen molar-refractivity contribution in [3.63, 3.8) is 0 Å². The lowest BCUT2D eigenvalue weighted by Crippen LogP contribution is -2.38. The molecule has 0 amide bonds. The minimum Gasteiger partial charge on any atom is -0.394 e. The van der Waals surface area contributed by atoms with E-state index in [1.54, 1.807) is 28.2 Å². The SMILES string of the molecule is CNCOCC(COP(=O)(O)OCCOP(=O)(O)OCCOP(=O)(O)OCCOP(=O)(O)OCCOP(=O)(O)OC(COC[N+](C)(C)C)COP(=O)(O)OCCOP(=O)(O)OC(COCNC)COP(=O)(O)OCCOP(=O)(O)OC(COCNC)COP(=O)(O)OCCOP(=O)(O)OC(CO)COCNC)OP(=O)(O)O. The minimum absolute atomic E-state index is 0.0128. The number of phosphoric acid groups is 12. The minimum atomic E-state index is -5.30. The summed E-state index contributed by atoms with van der Waals surface area (Å²) in [4.78, 5) is 129. The number of nitrogens with one attached hydrogen (secondary N) is 4. The summed E-state index contributed by atoms with van der Waals surface area (Å²) in [5, 5.41) is 19.6. The van der Waals surface area contributed by atoms with Crippen LogP contribution < -0.4 is 21.3 Å². The largest absolute Gasteiger partial charge is 0.472 e. The van der Waals surface area contributed by atoms with Gasteiger partial charge < -0.3 is 96.9 Å². The third-order valence-electron chi connectivity index (χ3n) is 10.4. The summed E-state index contributed by atoms with van der Waals surface area (Å²) in [6.07, 6.45) is -8.04. The zero-order valence-corrected chi connectivity index (χ0v) is 71.5. The van der Waals surface area contributed by atoms with E-state index in [2.05, 4.69) is 71.0 Å². The first kappa shape index (κ1) is 113. The number of aliphatic hydroxyl groups is 1. The van der Waals surface area contributed by atoms with Gasteiger partial charge in [-0.2, -0.15) is 0 Å². The summed E-state index contributed by atoms with van der Waals surface area (Å²) >= 11 is 0. The average molecular weight is 1900 g/mol. The number of ether oxygens (including phenoxy) is 5. The smallest absolute Gasteiger partial charge is 0.394 e. The van der Waals surface area contributed by atoms with Crippen LogP contribution in [0.25, 0.3) is 0 Å². The second-order valence-corrected chi connectivity index (χ2v) is 38.6. The van der Waals surface area contributed by atoms with E-state index in [1.807, 2.05) is 0 Å². The van der Waals surface area contributed by atoms with Crippen molar-refractivity contribution >= 4 is 93.9 Å². The fraction of sp³-hybridized carbons (Fsp3) is 1.00. The highest BCUT2D eigenvalue weighted by molar-refractivity contribution is 7.50. The van der Waals surface area contributed by atoms with E-state index < -0.39 is 276 Å². The molecule has 0 spiro atoms. The van der Waals surface area contributed by atoms with Crippen molar-refractivity contribution < 1.29 is 256 Å². The molecule has 0 radical (unpaired) electrons. The highest BCUT2D eigenvalue weighted by Crippen LogP contribution is 2.54. The molecule has 0 saturated carbocycles. The second-order valence-electron chi connectivity index (χ2n) is 21.6. The van der Waals surface area contributed by atoms with Crippen LogP contribution in [0.3, 0.4) is 0 Å². The van der Waals surface area contributed by atoms with Crippen LogP contribution in [0.4, 0.5) is 0 Å². The summed E-state index contributed by atoms with van der Waals surface area (Å²) in [6, 6.07) is 0. The standard InChI is InChI=1S/C41H101N5O54P12/c1-42-32-73-23-37(22-47)97-109(65,66)88-19-15-85-106(59,60)93-29-39(25-75-34-44-3)98-110(67,68)90-20-16-86-107(61,62)94-30-40(26-76-35-45-4)99-111(69,70)91-21-17-87-108(63,64)95-31-41(27-77-36-46(5,6)7)100-112(71,72)89-18-14-83-104(55,56)81-11-10-79-102(51,52)78-8-9-80-103(53,54)82-12-13-84-105(57,58)92-28-38(24-74-33-43-2)96-101(48,49)50/h37-45,47H,8-36H2,1-7H3,(H12-,48,49,50,51,52,53,54,55,56,57,58,59,60,61,62,63,64,65,66,67,68,69,70,71,72)/p+1. The number of phosphoric ester groups is 12. The van der Waals surface area contributed by atoms with Crippen LogP contribution in [0.1, 0.15) is 0 Å². The van der Waals surface area contributed by atoms with Gasteiger partial charge in [-0.25, -0.2) is 54.8 Å². The molecule has 18 N–H and O–H groups in total. The molecule has 0 aromatic heterocycles. The number of rotatable bonds is 78. The lowest BCUT2D eigenvalue weighted by Gasteiger charge is -2.26. The van der Waals surface area contributed by atoms with Crippen LogP contribution in [0.5, 0.6) is 0 Å². The van der Waals surface area contributed by atoms with E-state index in [1.165, 1.54) is 21.1 Å². The molecule has 0 aliphatic heterocycles. The number of quaternary nitrogens is 1. The van der Waals surface area contributed by atoms with Crippen LogP contribution in [-0.2, 0) is 183 Å². The molecule has 71 heteroatoms. The van der Waals surface area contributed by atoms with Gasteiger partial charge in [0.15, 0.2) is 6.73 Å². The van der Waals surface area contributed by atoms with Gasteiger partial charge in [0.05, 0.1) is 207 Å². The number of nitrogens with zero attached hydrogens (tertiary/aromatic N) is 1. The molecule has 0 rings (SSSR count). The van der Waals surface area contributed by atoms with E-state index in [0.717, 1.165) is 0 Å². The Balaban J connectivity index is 5.22. The Labute approximate surface area is 640 Å². The average Bonchev–Trinajstić information content (AvgIpc) is 0.907. The molecule has 0 aliphatic rings. The zero-order chi connectivity index (χ0) is 85.5. The Morgan fingerprint density at radius 3 is 0.598 bits per heavy atom. The molecule has 0 bridgehead atoms. The maximum atomic E-state index is 12.9. The maximum Gasteiger partial charge on any atom is 0.472 e. The van der Waals surface area contributed by atoms with Gasteiger partial charge in [0.1, 0.15) is 30.5 Å². The fourth-order valence-corrected chi connectivity index (χ4v) is 15.3. The van der Waals surface area contributed by atoms with Crippen molar-refractivity contribution in [3.8, 4) is 0 Å². The van der Waals surface area contributed by atoms with Gasteiger partial charge in [0.25, 0.3) is 0 Å². The predicted molar refractivity (Wildman–Crippen MR) is 367 cm³/mol. The van der Waals surface area contributed by atoms with Gasteiger partial charge in [-0.3, -0.25) is 125 Å². The third kappa shape index (κ3) is 66.5. The lowest BCUT2D eigenvalue weighted by atomic mass is 10.4. The van der Waals surface area contributed by atoms with Gasteiger partial charge in [0.2, 0.25) is 0 Å². The van der Waals surface area contributed by atoms with Crippen molar-refractivity contribution in [3.05, 3.63) is 0 Å². The summed E-state index contributed by atoms with van der Waals surface area (Å²) in [5.41, 5.74) is 0. The fourth-order valence-electron chi connectivity index (χ4n) is 6.36. The van der Waals surface area contributed by atoms with E-state index in [0.29, 0.717) is 0 Å². The summed E-state index contributed by atoms with van der Waals surface area (Å²) in [6.45, 7) is -21.6. The zero-order valence-electron chi connectivity index (χ0n) is 60.8. The molecule has 59 nitrogen and oxygen atoms in total. The first-order valence-corrected chi connectivity index (χ1v) is 49.2. The predicted octanol–water partition coefficient (Wildman–Crippen LogP) is -1.15. The van der Waals surface area contributed by atoms with E-state index in [-0.39, 0.29) is 44.7 Å². The van der Waals surface area contributed by atoms with Gasteiger partial charge in [-0.05, 0) is 28.2 Å². The van der Waals surface area contributed by atoms with Crippen LogP contribution >= 0.6 is 93.9 Å². The molecule has 0 saturated heterocycles. The number of aliphatic hydroxyl groups excluding tert-OH is 1. The van der Waals surface area contributed by atoms with E-state index in [4.69, 9.17) is 87.8 Å². The summed E-state index contributed by atoms with van der Waals surface area (Å²) in [5.74, 6) is 0. The molecule has 0 fully saturated rings. The van der Waals surface area contributed by atoms with Crippen molar-refractivity contribution in [2.24, 2.45) is 0 Å². The lowest BCUT2D eigenvalue weighted by molar-refractivity contribution is -0.890. The van der Waals surface area contributed by atoms with Crippen LogP contribution in [0.15, 0.2) is 0 Å². The Kier molecular flexibility index (Phi) is 57.8. The third-order valence-corrected chi connectivity index (χ3v) is 22.3. The van der Waals surface area contributed by atoms with Gasteiger partial charge in [-0.15, -0.1) is 0 Å². The molecule has 0 aromatic carbocycles. The van der Waals surface area contributed by atoms with Gasteiger partial charge >= 0.3 is 93.9 Å². The Morgan fingerprint density at radius 1 is 0.241 bits per heavy atom. The molecule has 0 aliphatic carbocycles. The van der Waals surface area contributed by atoms with E-state index in [9.17, 15) is 114 Å². The second kappa shape index (κ2) is 57.3. The first-order valence-electron chi connectivity index (χ1n) is 31.2. The molecule has 674 valence electrons. The molecule has 0 heterocycles. The molecular formula is C41H102N5O54P12+. The molecule has 16 atom stereocenters. The van der Waals surface area contributed by atoms with Crippen LogP contribution in [-0.4, -0.2) is 345 Å². The highest BCUT2D eigenvalue weighted by atomic mass is 31.2. The summed E-state index contributed by atoms with van der Waals surface area (Å²) in [7, 11) is -50.5. The number of hydrogen-bond acceptors (Lipinski definition) is 45.